The quantitative estimate of drug-likeness (QED) is 0.849. The molecular weight excluding hydrogens is 276 g/mol. The molecule has 1 aliphatic heterocycles. The van der Waals surface area contributed by atoms with Gasteiger partial charge in [0.2, 0.25) is 17.2 Å². The largest absolute Gasteiger partial charge is 0.340 e. The van der Waals surface area contributed by atoms with E-state index in [-0.39, 0.29) is 5.28 Å². The maximum atomic E-state index is 6.04. The van der Waals surface area contributed by atoms with Crippen molar-refractivity contribution < 1.29 is 0 Å². The molecule has 0 aliphatic carbocycles. The van der Waals surface area contributed by atoms with E-state index in [1.165, 1.54) is 6.42 Å². The number of piperidine rings is 1. The van der Waals surface area contributed by atoms with Crippen molar-refractivity contribution in [2.75, 3.05) is 18.0 Å². The fourth-order valence-corrected chi connectivity index (χ4v) is 2.94. The summed E-state index contributed by atoms with van der Waals surface area (Å²) in [6.07, 6.45) is 6.36. The highest BCUT2D eigenvalue weighted by Gasteiger charge is 2.24. The Labute approximate surface area is 122 Å². The van der Waals surface area contributed by atoms with Crippen molar-refractivity contribution in [2.24, 2.45) is 11.8 Å². The molecule has 0 saturated carbocycles. The summed E-state index contributed by atoms with van der Waals surface area (Å²) in [5.74, 6) is 2.41. The zero-order valence-electron chi connectivity index (χ0n) is 11.6. The lowest BCUT2D eigenvalue weighted by atomic mass is 9.92. The van der Waals surface area contributed by atoms with E-state index in [9.17, 15) is 0 Å². The van der Waals surface area contributed by atoms with Gasteiger partial charge in [0.25, 0.3) is 0 Å². The summed E-state index contributed by atoms with van der Waals surface area (Å²) in [6, 6.07) is 0. The number of halogens is 1. The van der Waals surface area contributed by atoms with Crippen molar-refractivity contribution in [1.82, 2.24) is 24.5 Å². The lowest BCUT2D eigenvalue weighted by molar-refractivity contribution is 0.353. The molecule has 2 aromatic rings. The van der Waals surface area contributed by atoms with Gasteiger partial charge in [0.15, 0.2) is 0 Å². The highest BCUT2D eigenvalue weighted by molar-refractivity contribution is 6.28. The molecule has 1 saturated heterocycles. The number of anilines is 1. The summed E-state index contributed by atoms with van der Waals surface area (Å²) >= 11 is 6.04. The molecule has 0 aromatic carbocycles. The Morgan fingerprint density at radius 2 is 1.80 bits per heavy atom. The van der Waals surface area contributed by atoms with Crippen molar-refractivity contribution in [3.8, 4) is 5.95 Å². The Morgan fingerprint density at radius 1 is 1.10 bits per heavy atom. The maximum Gasteiger partial charge on any atom is 0.241 e. The minimum Gasteiger partial charge on any atom is -0.340 e. The van der Waals surface area contributed by atoms with E-state index < -0.39 is 0 Å². The molecule has 0 radical (unpaired) electrons. The first-order chi connectivity index (χ1) is 9.61. The van der Waals surface area contributed by atoms with Crippen LogP contribution in [-0.4, -0.2) is 37.6 Å². The van der Waals surface area contributed by atoms with Crippen molar-refractivity contribution in [2.45, 2.75) is 20.3 Å². The molecule has 2 aromatic heterocycles. The van der Waals surface area contributed by atoms with Crippen molar-refractivity contribution in [3.05, 3.63) is 24.0 Å². The van der Waals surface area contributed by atoms with Crippen LogP contribution >= 0.6 is 11.6 Å². The van der Waals surface area contributed by atoms with Gasteiger partial charge in [-0.25, -0.2) is 4.98 Å². The van der Waals surface area contributed by atoms with Crippen LogP contribution in [-0.2, 0) is 0 Å². The van der Waals surface area contributed by atoms with E-state index in [1.807, 2.05) is 0 Å². The SMILES string of the molecule is CC1CC(C)CN(c2nc(Cl)nc(-n3ccnc3)n2)C1. The Kier molecular flexibility index (Phi) is 3.56. The summed E-state index contributed by atoms with van der Waals surface area (Å²) in [5.41, 5.74) is 0. The van der Waals surface area contributed by atoms with Gasteiger partial charge in [-0.15, -0.1) is 0 Å². The van der Waals surface area contributed by atoms with Gasteiger partial charge in [-0.1, -0.05) is 13.8 Å². The highest BCUT2D eigenvalue weighted by atomic mass is 35.5. The monoisotopic (exact) mass is 292 g/mol. The van der Waals surface area contributed by atoms with Crippen molar-refractivity contribution >= 4 is 17.5 Å². The molecule has 6 nitrogen and oxygen atoms in total. The Hall–Kier alpha value is -1.69. The molecule has 3 rings (SSSR count). The topological polar surface area (TPSA) is 59.7 Å². The van der Waals surface area contributed by atoms with Crippen LogP contribution in [0, 0.1) is 11.8 Å². The van der Waals surface area contributed by atoms with Crippen LogP contribution in [0.25, 0.3) is 5.95 Å². The standard InChI is InChI=1S/C13H17ClN6/c1-9-5-10(2)7-20(6-9)13-17-11(14)16-12(18-13)19-4-3-15-8-19/h3-4,8-10H,5-7H2,1-2H3. The lowest BCUT2D eigenvalue weighted by Gasteiger charge is -2.34. The molecular formula is C13H17ClN6. The fourth-order valence-electron chi connectivity index (χ4n) is 2.79. The van der Waals surface area contributed by atoms with Crippen LogP contribution in [0.1, 0.15) is 20.3 Å². The molecule has 0 amide bonds. The Morgan fingerprint density at radius 3 is 2.45 bits per heavy atom. The molecule has 2 atom stereocenters. The molecule has 0 bridgehead atoms. The number of imidazole rings is 1. The van der Waals surface area contributed by atoms with E-state index in [0.717, 1.165) is 13.1 Å². The van der Waals surface area contributed by atoms with Gasteiger partial charge in [0, 0.05) is 25.5 Å². The van der Waals surface area contributed by atoms with Crippen LogP contribution in [0.4, 0.5) is 5.95 Å². The Balaban J connectivity index is 1.93. The van der Waals surface area contributed by atoms with Crippen LogP contribution < -0.4 is 4.90 Å². The highest BCUT2D eigenvalue weighted by Crippen LogP contribution is 2.24. The summed E-state index contributed by atoms with van der Waals surface area (Å²) in [4.78, 5) is 19.1. The average molecular weight is 293 g/mol. The van der Waals surface area contributed by atoms with E-state index >= 15 is 0 Å². The Bertz CT molecular complexity index is 575. The van der Waals surface area contributed by atoms with Gasteiger partial charge in [-0.3, -0.25) is 4.57 Å². The van der Waals surface area contributed by atoms with Crippen LogP contribution in [0.2, 0.25) is 5.28 Å². The molecule has 0 spiro atoms. The smallest absolute Gasteiger partial charge is 0.241 e. The first-order valence-corrected chi connectivity index (χ1v) is 7.14. The maximum absolute atomic E-state index is 6.04. The van der Waals surface area contributed by atoms with Crippen molar-refractivity contribution in [1.29, 1.82) is 0 Å². The fraction of sp³-hybridized carbons (Fsp3) is 0.538. The van der Waals surface area contributed by atoms with E-state index in [2.05, 4.69) is 38.7 Å². The predicted molar refractivity (Wildman–Crippen MR) is 77.1 cm³/mol. The molecule has 7 heteroatoms. The molecule has 1 fully saturated rings. The second-order valence-electron chi connectivity index (χ2n) is 5.53. The van der Waals surface area contributed by atoms with Gasteiger partial charge in [-0.2, -0.15) is 15.0 Å². The molecule has 2 unspecified atom stereocenters. The third-order valence-electron chi connectivity index (χ3n) is 3.47. The van der Waals surface area contributed by atoms with Crippen LogP contribution in [0.5, 0.6) is 0 Å². The third-order valence-corrected chi connectivity index (χ3v) is 3.64. The molecule has 3 heterocycles. The van der Waals surface area contributed by atoms with Crippen LogP contribution in [0.3, 0.4) is 0 Å². The molecule has 106 valence electrons. The molecule has 20 heavy (non-hydrogen) atoms. The number of nitrogens with zero attached hydrogens (tertiary/aromatic N) is 6. The predicted octanol–water partition coefficient (Wildman–Crippen LogP) is 2.19. The molecule has 0 N–H and O–H groups in total. The third kappa shape index (κ3) is 2.75. The normalized spacial score (nSPS) is 23.1. The minimum atomic E-state index is 0.213. The first kappa shape index (κ1) is 13.3. The van der Waals surface area contributed by atoms with Crippen molar-refractivity contribution in [3.63, 3.8) is 0 Å². The number of aromatic nitrogens is 5. The van der Waals surface area contributed by atoms with Crippen LogP contribution in [0.15, 0.2) is 18.7 Å². The second kappa shape index (κ2) is 5.36. The number of hydrogen-bond donors (Lipinski definition) is 0. The van der Waals surface area contributed by atoms with E-state index in [1.54, 1.807) is 23.3 Å². The minimum absolute atomic E-state index is 0.213. The molecule has 1 aliphatic rings. The second-order valence-corrected chi connectivity index (χ2v) is 5.86. The zero-order chi connectivity index (χ0) is 14.1. The average Bonchev–Trinajstić information content (AvgIpc) is 2.90. The van der Waals surface area contributed by atoms with E-state index in [4.69, 9.17) is 11.6 Å². The number of hydrogen-bond acceptors (Lipinski definition) is 5. The summed E-state index contributed by atoms with van der Waals surface area (Å²) < 4.78 is 1.73. The number of rotatable bonds is 2. The van der Waals surface area contributed by atoms with Gasteiger partial charge < -0.3 is 4.90 Å². The van der Waals surface area contributed by atoms with Gasteiger partial charge in [-0.05, 0) is 29.9 Å². The summed E-state index contributed by atoms with van der Waals surface area (Å²) in [7, 11) is 0. The summed E-state index contributed by atoms with van der Waals surface area (Å²) in [6.45, 7) is 6.41. The lowest BCUT2D eigenvalue weighted by Crippen LogP contribution is -2.39. The van der Waals surface area contributed by atoms with Gasteiger partial charge in [0.05, 0.1) is 0 Å². The first-order valence-electron chi connectivity index (χ1n) is 6.76. The zero-order valence-corrected chi connectivity index (χ0v) is 12.3. The van der Waals surface area contributed by atoms with Gasteiger partial charge >= 0.3 is 0 Å². The van der Waals surface area contributed by atoms with Gasteiger partial charge in [0.1, 0.15) is 6.33 Å². The summed E-state index contributed by atoms with van der Waals surface area (Å²) in [5, 5.41) is 0.213. The van der Waals surface area contributed by atoms with E-state index in [0.29, 0.717) is 23.7 Å².